The van der Waals surface area contributed by atoms with Gasteiger partial charge in [0.1, 0.15) is 29.5 Å². The zero-order valence-electron chi connectivity index (χ0n) is 47.8. The number of esters is 1. The number of aliphatic imine (C=N–C) groups is 1. The summed E-state index contributed by atoms with van der Waals surface area (Å²) < 4.78 is 107. The third kappa shape index (κ3) is 29.2. The molecule has 81 heavy (non-hydrogen) atoms. The number of carbonyl (C=O) groups is 4. The van der Waals surface area contributed by atoms with Gasteiger partial charge in [0, 0.05) is 72.1 Å². The van der Waals surface area contributed by atoms with Crippen LogP contribution >= 0.6 is 0 Å². The zero-order valence-corrected chi connectivity index (χ0v) is 48.6. The number of carboxylic acid groups (broad SMARTS) is 1. The number of carbonyl (C=O) groups excluding carboxylic acids is 3. The predicted octanol–water partition coefficient (Wildman–Crippen LogP) is 4.06. The monoisotopic (exact) mass is 1170 g/mol. The first-order valence-electron chi connectivity index (χ1n) is 26.6. The van der Waals surface area contributed by atoms with E-state index in [1.54, 1.807) is 90.8 Å². The fourth-order valence-corrected chi connectivity index (χ4v) is 8.02. The standard InChI is InChI=1S/C56H83N3O21S/c1-40-12-13-44(78-46(36-74-25-21-68-4)37-75-26-22-69-5)34-48(40)53(49-35-45(14-15-50(49)57-16-9-31-81(65,66)67)79-47(38-76-27-23-70-6)39-77-28-24-71-7)56(64)80-54-41(2)32-43(33-42(54)3)55(63)59-18-20-73-30-29-72-19-17-58-51(60)10-8-11-52(61)62/h12-15,32-35,46-47H,8-11,16-31,36-39H2,1-7H3,(H,58,60)(H,59,63)(H,61,62)(H,65,66,67)/b53-49+,57-50?. The van der Waals surface area contributed by atoms with Crippen LogP contribution in [0.5, 0.6) is 11.5 Å². The fourth-order valence-electron chi connectivity index (χ4n) is 7.53. The van der Waals surface area contributed by atoms with E-state index in [4.69, 9.17) is 71.7 Å². The maximum atomic E-state index is 15.3. The molecular weight excluding hydrogens is 1080 g/mol. The number of amides is 2. The lowest BCUT2D eigenvalue weighted by Crippen LogP contribution is -2.30. The van der Waals surface area contributed by atoms with E-state index < -0.39 is 45.9 Å². The van der Waals surface area contributed by atoms with Crippen LogP contribution in [0.3, 0.4) is 0 Å². The Bertz CT molecular complexity index is 2430. The maximum absolute atomic E-state index is 15.3. The van der Waals surface area contributed by atoms with E-state index in [1.807, 2.05) is 6.92 Å². The van der Waals surface area contributed by atoms with Gasteiger partial charge in [-0.1, -0.05) is 6.07 Å². The number of allylic oxidation sites excluding steroid dienone is 4. The van der Waals surface area contributed by atoms with Gasteiger partial charge in [0.25, 0.3) is 16.0 Å². The summed E-state index contributed by atoms with van der Waals surface area (Å²) in [4.78, 5) is 55.9. The molecule has 0 saturated heterocycles. The number of methoxy groups -OCH3 is 4. The largest absolute Gasteiger partial charge is 0.486 e. The van der Waals surface area contributed by atoms with Gasteiger partial charge in [-0.3, -0.25) is 23.9 Å². The molecular formula is C56H83N3O21S. The van der Waals surface area contributed by atoms with Gasteiger partial charge in [0.15, 0.2) is 0 Å². The fraction of sp³-hybridized carbons (Fsp3) is 0.589. The molecule has 0 heterocycles. The second-order valence-electron chi connectivity index (χ2n) is 18.2. The summed E-state index contributed by atoms with van der Waals surface area (Å²) in [6, 6.07) is 8.42. The number of hydrogen-bond acceptors (Lipinski definition) is 20. The molecule has 454 valence electrons. The molecule has 0 unspecified atom stereocenters. The molecule has 2 amide bonds. The van der Waals surface area contributed by atoms with Gasteiger partial charge in [-0.15, -0.1) is 0 Å². The lowest BCUT2D eigenvalue weighted by atomic mass is 9.90. The average Bonchev–Trinajstić information content (AvgIpc) is 3.60. The van der Waals surface area contributed by atoms with E-state index in [2.05, 4.69) is 10.6 Å². The molecule has 25 heteroatoms. The Morgan fingerprint density at radius 3 is 1.68 bits per heavy atom. The number of carboxylic acids is 1. The Labute approximate surface area is 475 Å². The minimum atomic E-state index is -4.31. The molecule has 1 aliphatic rings. The lowest BCUT2D eigenvalue weighted by Gasteiger charge is -2.24. The highest BCUT2D eigenvalue weighted by atomic mass is 32.2. The molecule has 0 bridgehead atoms. The quantitative estimate of drug-likeness (QED) is 0.0239. The van der Waals surface area contributed by atoms with Crippen molar-refractivity contribution >= 4 is 45.2 Å². The summed E-state index contributed by atoms with van der Waals surface area (Å²) in [5.41, 5.74) is 2.76. The highest BCUT2D eigenvalue weighted by Gasteiger charge is 2.28. The van der Waals surface area contributed by atoms with Gasteiger partial charge in [-0.2, -0.15) is 8.42 Å². The average molecular weight is 1170 g/mol. The second kappa shape index (κ2) is 40.5. The first-order chi connectivity index (χ1) is 39.0. The number of nitrogens with zero attached hydrogens (tertiary/aromatic N) is 1. The summed E-state index contributed by atoms with van der Waals surface area (Å²) >= 11 is 0. The number of hydrogen-bond donors (Lipinski definition) is 4. The number of ether oxygens (including phenoxy) is 13. The van der Waals surface area contributed by atoms with Crippen molar-refractivity contribution in [3.05, 3.63) is 87.7 Å². The van der Waals surface area contributed by atoms with E-state index in [0.29, 0.717) is 79.0 Å². The molecule has 2 aromatic rings. The molecule has 3 rings (SSSR count). The van der Waals surface area contributed by atoms with Crippen LogP contribution in [0.2, 0.25) is 0 Å². The van der Waals surface area contributed by atoms with Crippen molar-refractivity contribution in [2.75, 3.05) is 160 Å². The van der Waals surface area contributed by atoms with Gasteiger partial charge < -0.3 is 77.3 Å². The first-order valence-corrected chi connectivity index (χ1v) is 28.2. The van der Waals surface area contributed by atoms with Crippen molar-refractivity contribution in [1.29, 1.82) is 0 Å². The Morgan fingerprint density at radius 1 is 0.617 bits per heavy atom. The van der Waals surface area contributed by atoms with Crippen molar-refractivity contribution in [2.45, 2.75) is 58.7 Å². The molecule has 0 aromatic heterocycles. The first kappa shape index (κ1) is 69.6. The number of benzene rings is 2. The van der Waals surface area contributed by atoms with Crippen LogP contribution in [0.1, 0.15) is 58.3 Å². The molecule has 4 N–H and O–H groups in total. The van der Waals surface area contributed by atoms with E-state index in [0.717, 1.165) is 0 Å². The van der Waals surface area contributed by atoms with Crippen LogP contribution in [0.4, 0.5) is 0 Å². The topological polar surface area (TPSA) is 299 Å². The number of aryl methyl sites for hydroxylation is 3. The third-order valence-electron chi connectivity index (χ3n) is 11.5. The summed E-state index contributed by atoms with van der Waals surface area (Å²) in [6.07, 6.45) is 3.91. The number of nitrogens with one attached hydrogen (secondary N) is 2. The van der Waals surface area contributed by atoms with Crippen molar-refractivity contribution in [2.24, 2.45) is 4.99 Å². The molecule has 1 aliphatic carbocycles. The molecule has 0 saturated carbocycles. The second-order valence-corrected chi connectivity index (χ2v) is 19.8. The number of rotatable bonds is 45. The van der Waals surface area contributed by atoms with E-state index in [9.17, 15) is 27.4 Å². The Kier molecular flexibility index (Phi) is 34.8. The summed E-state index contributed by atoms with van der Waals surface area (Å²) in [5, 5.41) is 14.2. The predicted molar refractivity (Wildman–Crippen MR) is 299 cm³/mol. The highest BCUT2D eigenvalue weighted by Crippen LogP contribution is 2.34. The van der Waals surface area contributed by atoms with Crippen molar-refractivity contribution in [3.63, 3.8) is 0 Å². The summed E-state index contributed by atoms with van der Waals surface area (Å²) in [6.45, 7) is 9.60. The van der Waals surface area contributed by atoms with E-state index in [1.165, 1.54) is 0 Å². The Balaban J connectivity index is 2.03. The minimum Gasteiger partial charge on any atom is -0.486 e. The van der Waals surface area contributed by atoms with Crippen LogP contribution in [-0.2, 0) is 76.6 Å². The van der Waals surface area contributed by atoms with Gasteiger partial charge in [-0.25, -0.2) is 4.79 Å². The van der Waals surface area contributed by atoms with Gasteiger partial charge >= 0.3 is 11.9 Å². The lowest BCUT2D eigenvalue weighted by molar-refractivity contribution is -0.137. The Morgan fingerprint density at radius 2 is 1.15 bits per heavy atom. The molecule has 24 nitrogen and oxygen atoms in total. The van der Waals surface area contributed by atoms with Crippen molar-refractivity contribution in [3.8, 4) is 11.5 Å². The molecule has 0 atom stereocenters. The van der Waals surface area contributed by atoms with Gasteiger partial charge in [0.05, 0.1) is 123 Å². The van der Waals surface area contributed by atoms with Crippen LogP contribution in [-0.4, -0.2) is 219 Å². The molecule has 0 fully saturated rings. The van der Waals surface area contributed by atoms with Gasteiger partial charge in [0.2, 0.25) is 5.91 Å². The molecule has 0 radical (unpaired) electrons. The minimum absolute atomic E-state index is 0.0214. The normalized spacial score (nSPS) is 13.7. The van der Waals surface area contributed by atoms with Crippen LogP contribution in [0.15, 0.2) is 64.9 Å². The van der Waals surface area contributed by atoms with Gasteiger partial charge in [-0.05, 0) is 98.4 Å². The van der Waals surface area contributed by atoms with E-state index in [-0.39, 0.29) is 140 Å². The third-order valence-corrected chi connectivity index (χ3v) is 12.3. The SMILES string of the molecule is COCCOCC(COCCOC)OC1=C/C(=C(\C(=O)Oc2c(C)cc(C(=O)NCCOCCOCCNC(=O)CCCC(=O)O)cc2C)c2cc(OC(COCCOC)COCCOC)ccc2C)C(=NCCCS(=O)(=O)O)C=C1. The smallest absolute Gasteiger partial charge is 0.344 e. The summed E-state index contributed by atoms with van der Waals surface area (Å²) in [7, 11) is 1.95. The molecule has 0 aliphatic heterocycles. The summed E-state index contributed by atoms with van der Waals surface area (Å²) in [5.74, 6) is -2.15. The Hall–Kier alpha value is -5.68. The molecule has 2 aromatic carbocycles. The highest BCUT2D eigenvalue weighted by molar-refractivity contribution is 7.85. The van der Waals surface area contributed by atoms with Crippen LogP contribution in [0.25, 0.3) is 5.57 Å². The number of aliphatic carboxylic acids is 1. The molecule has 0 spiro atoms. The maximum Gasteiger partial charge on any atom is 0.344 e. The van der Waals surface area contributed by atoms with Crippen molar-refractivity contribution in [1.82, 2.24) is 10.6 Å². The zero-order chi connectivity index (χ0) is 59.3. The van der Waals surface area contributed by atoms with Crippen LogP contribution < -0.4 is 20.1 Å². The van der Waals surface area contributed by atoms with Crippen LogP contribution in [0, 0.1) is 20.8 Å². The van der Waals surface area contributed by atoms with Crippen molar-refractivity contribution < 1.29 is 98.8 Å². The van der Waals surface area contributed by atoms with E-state index >= 15 is 4.79 Å².